The molecular weight excluding hydrogens is 474 g/mol. The minimum atomic E-state index is -1.52. The highest BCUT2D eigenvalue weighted by molar-refractivity contribution is 7.80. The summed E-state index contributed by atoms with van der Waals surface area (Å²) in [5.74, 6) is -6.31. The zero-order chi connectivity index (χ0) is 25.8. The molecule has 0 aliphatic rings. The lowest BCUT2D eigenvalue weighted by Gasteiger charge is -2.24. The van der Waals surface area contributed by atoms with E-state index in [1.165, 1.54) is 12.5 Å². The highest BCUT2D eigenvalue weighted by Crippen LogP contribution is 2.04. The Morgan fingerprint density at radius 3 is 2.09 bits per heavy atom. The molecule has 0 aliphatic carbocycles. The van der Waals surface area contributed by atoms with E-state index in [-0.39, 0.29) is 18.6 Å². The van der Waals surface area contributed by atoms with E-state index < -0.39 is 72.6 Å². The number of carboxylic acids is 2. The molecule has 0 saturated heterocycles. The lowest BCUT2D eigenvalue weighted by molar-refractivity contribution is -0.143. The molecule has 16 heteroatoms. The molecule has 4 amide bonds. The second-order valence-electron chi connectivity index (χ2n) is 7.19. The van der Waals surface area contributed by atoms with E-state index in [9.17, 15) is 33.9 Å². The average molecular weight is 502 g/mol. The summed E-state index contributed by atoms with van der Waals surface area (Å²) in [6.45, 7) is 0. The Morgan fingerprint density at radius 1 is 1.00 bits per heavy atom. The predicted octanol–water partition coefficient (Wildman–Crippen LogP) is -3.51. The Bertz CT molecular complexity index is 895. The molecule has 1 aromatic heterocycles. The van der Waals surface area contributed by atoms with Gasteiger partial charge in [-0.1, -0.05) is 0 Å². The molecule has 188 valence electrons. The first kappa shape index (κ1) is 28.4. The standard InChI is InChI=1S/C18H27N7O8S/c19-9(4-13(20)26)15(29)25-12(6-34)17(31)24-11(3-8-5-21-7-22-8)16(30)23-10(18(32)33)1-2-14(27)28/h5,7,9-12,34H,1-4,6,19H2,(H2,20,26)(H,21,22)(H,23,30)(H,24,31)(H,25,29)(H,27,28)(H,32,33). The maximum atomic E-state index is 12.8. The number of aromatic nitrogens is 2. The van der Waals surface area contributed by atoms with Gasteiger partial charge in [0, 0.05) is 30.5 Å². The van der Waals surface area contributed by atoms with E-state index >= 15 is 0 Å². The number of hydrogen-bond acceptors (Lipinski definition) is 9. The van der Waals surface area contributed by atoms with Crippen molar-refractivity contribution in [3.05, 3.63) is 18.2 Å². The van der Waals surface area contributed by atoms with Gasteiger partial charge in [0.25, 0.3) is 0 Å². The summed E-state index contributed by atoms with van der Waals surface area (Å²) in [6, 6.07) is -5.40. The van der Waals surface area contributed by atoms with Crippen LogP contribution >= 0.6 is 12.6 Å². The van der Waals surface area contributed by atoms with E-state index in [0.29, 0.717) is 5.69 Å². The number of imidazole rings is 1. The van der Waals surface area contributed by atoms with Gasteiger partial charge >= 0.3 is 11.9 Å². The third-order valence-corrected chi connectivity index (χ3v) is 4.81. The van der Waals surface area contributed by atoms with Crippen molar-refractivity contribution in [1.82, 2.24) is 25.9 Å². The summed E-state index contributed by atoms with van der Waals surface area (Å²) in [5.41, 5.74) is 11.0. The molecule has 10 N–H and O–H groups in total. The molecule has 0 fully saturated rings. The lowest BCUT2D eigenvalue weighted by Crippen LogP contribution is -2.58. The molecule has 0 spiro atoms. The van der Waals surface area contributed by atoms with Crippen LogP contribution in [0.2, 0.25) is 0 Å². The second-order valence-corrected chi connectivity index (χ2v) is 7.56. The Kier molecular flexibility index (Phi) is 11.5. The van der Waals surface area contributed by atoms with Gasteiger partial charge in [-0.3, -0.25) is 24.0 Å². The zero-order valence-electron chi connectivity index (χ0n) is 17.9. The fraction of sp³-hybridized carbons (Fsp3) is 0.500. The van der Waals surface area contributed by atoms with Crippen LogP contribution < -0.4 is 27.4 Å². The van der Waals surface area contributed by atoms with E-state index in [2.05, 4.69) is 38.5 Å². The zero-order valence-corrected chi connectivity index (χ0v) is 18.8. The first-order valence-electron chi connectivity index (χ1n) is 9.92. The number of carbonyl (C=O) groups excluding carboxylic acids is 4. The minimum absolute atomic E-state index is 0.128. The quantitative estimate of drug-likeness (QED) is 0.107. The summed E-state index contributed by atoms with van der Waals surface area (Å²) in [7, 11) is 0. The second kappa shape index (κ2) is 13.8. The molecule has 0 aromatic carbocycles. The molecule has 1 rings (SSSR count). The van der Waals surface area contributed by atoms with Crippen molar-refractivity contribution < 1.29 is 39.0 Å². The molecule has 0 radical (unpaired) electrons. The number of nitrogens with zero attached hydrogens (tertiary/aromatic N) is 1. The van der Waals surface area contributed by atoms with E-state index in [0.717, 1.165) is 0 Å². The number of amides is 4. The van der Waals surface area contributed by atoms with Crippen LogP contribution in [0.3, 0.4) is 0 Å². The number of rotatable bonds is 15. The number of thiol groups is 1. The Labute approximate surface area is 198 Å². The summed E-state index contributed by atoms with van der Waals surface area (Å²) >= 11 is 4.00. The van der Waals surface area contributed by atoms with Crippen molar-refractivity contribution in [1.29, 1.82) is 0 Å². The van der Waals surface area contributed by atoms with Gasteiger partial charge in [-0.05, 0) is 6.42 Å². The van der Waals surface area contributed by atoms with Crippen LogP contribution in [0.5, 0.6) is 0 Å². The van der Waals surface area contributed by atoms with E-state index in [1.807, 2.05) is 0 Å². The van der Waals surface area contributed by atoms with Gasteiger partial charge in [0.2, 0.25) is 23.6 Å². The van der Waals surface area contributed by atoms with Crippen molar-refractivity contribution in [2.45, 2.75) is 49.9 Å². The van der Waals surface area contributed by atoms with Gasteiger partial charge in [-0.2, -0.15) is 12.6 Å². The predicted molar refractivity (Wildman–Crippen MR) is 118 cm³/mol. The third kappa shape index (κ3) is 9.86. The molecular formula is C18H27N7O8S. The number of carbonyl (C=O) groups is 6. The molecule has 4 unspecified atom stereocenters. The molecule has 0 bridgehead atoms. The summed E-state index contributed by atoms with van der Waals surface area (Å²) in [6.07, 6.45) is 1.24. The summed E-state index contributed by atoms with van der Waals surface area (Å²) in [4.78, 5) is 77.3. The van der Waals surface area contributed by atoms with Crippen molar-refractivity contribution >= 4 is 48.2 Å². The van der Waals surface area contributed by atoms with Crippen molar-refractivity contribution in [2.75, 3.05) is 5.75 Å². The van der Waals surface area contributed by atoms with Crippen molar-refractivity contribution in [2.24, 2.45) is 11.5 Å². The van der Waals surface area contributed by atoms with Crippen LogP contribution in [0.15, 0.2) is 12.5 Å². The molecule has 1 aromatic rings. The molecule has 15 nitrogen and oxygen atoms in total. The van der Waals surface area contributed by atoms with Crippen LogP contribution in [0.25, 0.3) is 0 Å². The van der Waals surface area contributed by atoms with Gasteiger partial charge in [-0.25, -0.2) is 9.78 Å². The number of hydrogen-bond donors (Lipinski definition) is 9. The number of aromatic amines is 1. The van der Waals surface area contributed by atoms with Crippen LogP contribution in [-0.2, 0) is 35.2 Å². The third-order valence-electron chi connectivity index (χ3n) is 4.45. The Morgan fingerprint density at radius 2 is 1.59 bits per heavy atom. The van der Waals surface area contributed by atoms with Crippen LogP contribution in [0, 0.1) is 0 Å². The first-order valence-corrected chi connectivity index (χ1v) is 10.6. The fourth-order valence-corrected chi connectivity index (χ4v) is 2.93. The first-order chi connectivity index (χ1) is 15.9. The molecule has 0 aliphatic heterocycles. The van der Waals surface area contributed by atoms with Crippen LogP contribution in [-0.4, -0.2) is 85.7 Å². The maximum Gasteiger partial charge on any atom is 0.326 e. The number of nitrogens with one attached hydrogen (secondary N) is 4. The largest absolute Gasteiger partial charge is 0.481 e. The van der Waals surface area contributed by atoms with Crippen molar-refractivity contribution in [3.63, 3.8) is 0 Å². The number of aliphatic carboxylic acids is 2. The average Bonchev–Trinajstić information content (AvgIpc) is 3.26. The van der Waals surface area contributed by atoms with Crippen LogP contribution in [0.4, 0.5) is 0 Å². The molecule has 34 heavy (non-hydrogen) atoms. The molecule has 0 saturated carbocycles. The summed E-state index contributed by atoms with van der Waals surface area (Å²) in [5, 5.41) is 24.9. The SMILES string of the molecule is NC(=O)CC(N)C(=O)NC(CS)C(=O)NC(Cc1cnc[nH]1)C(=O)NC(CCC(=O)O)C(=O)O. The topological polar surface area (TPSA) is 260 Å². The Hall–Kier alpha value is -3.66. The van der Waals surface area contributed by atoms with Gasteiger partial charge in [0.1, 0.15) is 18.1 Å². The lowest BCUT2D eigenvalue weighted by atomic mass is 10.1. The smallest absolute Gasteiger partial charge is 0.326 e. The monoisotopic (exact) mass is 501 g/mol. The number of primary amides is 1. The molecule has 1 heterocycles. The normalized spacial score (nSPS) is 14.2. The van der Waals surface area contributed by atoms with Gasteiger partial charge in [0.05, 0.1) is 18.8 Å². The maximum absolute atomic E-state index is 12.8. The highest BCUT2D eigenvalue weighted by atomic mass is 32.1. The highest BCUT2D eigenvalue weighted by Gasteiger charge is 2.30. The Balaban J connectivity index is 2.95. The number of H-pyrrole nitrogens is 1. The number of carboxylic acid groups (broad SMARTS) is 2. The van der Waals surface area contributed by atoms with Crippen LogP contribution in [0.1, 0.15) is 25.0 Å². The van der Waals surface area contributed by atoms with Crippen molar-refractivity contribution in [3.8, 4) is 0 Å². The van der Waals surface area contributed by atoms with Gasteiger partial charge < -0.3 is 42.6 Å². The van der Waals surface area contributed by atoms with E-state index in [1.54, 1.807) is 0 Å². The van der Waals surface area contributed by atoms with Gasteiger partial charge in [0.15, 0.2) is 0 Å². The van der Waals surface area contributed by atoms with E-state index in [4.69, 9.17) is 16.6 Å². The fourth-order valence-electron chi connectivity index (χ4n) is 2.68. The number of nitrogens with two attached hydrogens (primary N) is 2. The van der Waals surface area contributed by atoms with Gasteiger partial charge in [-0.15, -0.1) is 0 Å². The molecule has 4 atom stereocenters. The summed E-state index contributed by atoms with van der Waals surface area (Å²) < 4.78 is 0. The minimum Gasteiger partial charge on any atom is -0.481 e.